The van der Waals surface area contributed by atoms with Gasteiger partial charge in [0.2, 0.25) is 5.91 Å². The number of primary amides is 1. The van der Waals surface area contributed by atoms with Crippen LogP contribution < -0.4 is 5.73 Å². The maximum absolute atomic E-state index is 10.7. The third-order valence-electron chi connectivity index (χ3n) is 2.04. The standard InChI is InChI=1S/C9H12N2O3/c10-9(13)8(11-14)5-6-1-3-7(12)4-2-6/h1-3,7-8,12H,4-5H2,(H2,10,13). The van der Waals surface area contributed by atoms with Gasteiger partial charge in [0.15, 0.2) is 6.04 Å². The Labute approximate surface area is 81.3 Å². The van der Waals surface area contributed by atoms with Crippen LogP contribution in [0.2, 0.25) is 0 Å². The molecule has 2 unspecified atom stereocenters. The van der Waals surface area contributed by atoms with Gasteiger partial charge in [0.1, 0.15) is 0 Å². The summed E-state index contributed by atoms with van der Waals surface area (Å²) in [6, 6.07) is -1.01. The lowest BCUT2D eigenvalue weighted by molar-refractivity contribution is -0.119. The van der Waals surface area contributed by atoms with E-state index in [0.717, 1.165) is 5.57 Å². The van der Waals surface area contributed by atoms with Gasteiger partial charge in [0.25, 0.3) is 0 Å². The van der Waals surface area contributed by atoms with Crippen molar-refractivity contribution in [1.82, 2.24) is 0 Å². The molecule has 0 heterocycles. The molecule has 3 N–H and O–H groups in total. The van der Waals surface area contributed by atoms with Crippen LogP contribution in [-0.2, 0) is 4.79 Å². The van der Waals surface area contributed by atoms with E-state index in [1.165, 1.54) is 0 Å². The van der Waals surface area contributed by atoms with Gasteiger partial charge in [0, 0.05) is 6.42 Å². The van der Waals surface area contributed by atoms with Crippen LogP contribution in [0.15, 0.2) is 29.0 Å². The fourth-order valence-corrected chi connectivity index (χ4v) is 1.22. The van der Waals surface area contributed by atoms with E-state index in [1.807, 2.05) is 0 Å². The molecule has 0 aromatic carbocycles. The first-order chi connectivity index (χ1) is 6.63. The van der Waals surface area contributed by atoms with E-state index in [4.69, 9.17) is 10.8 Å². The SMILES string of the molecule is NC(=O)C(CC1=CCC(O)C=C1)N=O. The number of amides is 1. The van der Waals surface area contributed by atoms with Crippen LogP contribution in [0.4, 0.5) is 0 Å². The van der Waals surface area contributed by atoms with Crippen molar-refractivity contribution in [2.24, 2.45) is 10.9 Å². The summed E-state index contributed by atoms with van der Waals surface area (Å²) >= 11 is 0. The number of aliphatic hydroxyl groups excluding tert-OH is 1. The molecular formula is C9H12N2O3. The minimum atomic E-state index is -1.01. The molecule has 0 saturated carbocycles. The number of hydrogen-bond acceptors (Lipinski definition) is 4. The molecule has 0 bridgehead atoms. The Morgan fingerprint density at radius 1 is 1.79 bits per heavy atom. The van der Waals surface area contributed by atoms with Crippen molar-refractivity contribution in [3.8, 4) is 0 Å². The topological polar surface area (TPSA) is 92.8 Å². The summed E-state index contributed by atoms with van der Waals surface area (Å²) < 4.78 is 0. The molecule has 0 aliphatic heterocycles. The number of nitroso groups, excluding NO2 is 1. The Kier molecular flexibility index (Phi) is 3.53. The highest BCUT2D eigenvalue weighted by atomic mass is 16.3. The second kappa shape index (κ2) is 4.66. The van der Waals surface area contributed by atoms with Crippen molar-refractivity contribution in [3.63, 3.8) is 0 Å². The van der Waals surface area contributed by atoms with E-state index in [9.17, 15) is 9.70 Å². The first-order valence-electron chi connectivity index (χ1n) is 4.30. The number of hydrogen-bond donors (Lipinski definition) is 2. The van der Waals surface area contributed by atoms with E-state index in [-0.39, 0.29) is 6.42 Å². The highest BCUT2D eigenvalue weighted by Gasteiger charge is 2.17. The van der Waals surface area contributed by atoms with Gasteiger partial charge >= 0.3 is 0 Å². The quantitative estimate of drug-likeness (QED) is 0.631. The van der Waals surface area contributed by atoms with E-state index >= 15 is 0 Å². The number of nitrogens with zero attached hydrogens (tertiary/aromatic N) is 1. The second-order valence-electron chi connectivity index (χ2n) is 3.17. The molecule has 14 heavy (non-hydrogen) atoms. The Morgan fingerprint density at radius 2 is 2.50 bits per heavy atom. The molecule has 0 fully saturated rings. The van der Waals surface area contributed by atoms with Gasteiger partial charge in [-0.05, 0) is 12.0 Å². The lowest BCUT2D eigenvalue weighted by Crippen LogP contribution is -2.27. The summed E-state index contributed by atoms with van der Waals surface area (Å²) in [5, 5.41) is 11.8. The molecule has 0 aromatic rings. The van der Waals surface area contributed by atoms with Crippen molar-refractivity contribution in [1.29, 1.82) is 0 Å². The van der Waals surface area contributed by atoms with E-state index in [0.29, 0.717) is 6.42 Å². The third-order valence-corrected chi connectivity index (χ3v) is 2.04. The number of nitrogens with two attached hydrogens (primary N) is 1. The van der Waals surface area contributed by atoms with Gasteiger partial charge in [-0.1, -0.05) is 23.4 Å². The second-order valence-corrected chi connectivity index (χ2v) is 3.17. The molecule has 76 valence electrons. The van der Waals surface area contributed by atoms with Gasteiger partial charge in [0.05, 0.1) is 6.10 Å². The lowest BCUT2D eigenvalue weighted by atomic mass is 9.99. The maximum Gasteiger partial charge on any atom is 0.246 e. The van der Waals surface area contributed by atoms with Gasteiger partial charge in [-0.3, -0.25) is 4.79 Å². The zero-order valence-electron chi connectivity index (χ0n) is 7.59. The average Bonchev–Trinajstić information content (AvgIpc) is 2.16. The van der Waals surface area contributed by atoms with Crippen molar-refractivity contribution in [2.75, 3.05) is 0 Å². The number of carbonyl (C=O) groups is 1. The van der Waals surface area contributed by atoms with E-state index in [1.54, 1.807) is 18.2 Å². The van der Waals surface area contributed by atoms with Crippen LogP contribution in [0, 0.1) is 4.91 Å². The molecule has 0 saturated heterocycles. The van der Waals surface area contributed by atoms with Crippen molar-refractivity contribution in [2.45, 2.75) is 25.0 Å². The Balaban J connectivity index is 2.56. The molecule has 1 aliphatic carbocycles. The van der Waals surface area contributed by atoms with Crippen molar-refractivity contribution < 1.29 is 9.90 Å². The molecule has 5 nitrogen and oxygen atoms in total. The summed E-state index contributed by atoms with van der Waals surface area (Å²) in [5.41, 5.74) is 5.76. The van der Waals surface area contributed by atoms with Crippen molar-refractivity contribution >= 4 is 5.91 Å². The van der Waals surface area contributed by atoms with E-state index in [2.05, 4.69) is 5.18 Å². The van der Waals surface area contributed by atoms with E-state index < -0.39 is 18.1 Å². The molecule has 1 amide bonds. The maximum atomic E-state index is 10.7. The zero-order chi connectivity index (χ0) is 10.6. The summed E-state index contributed by atoms with van der Waals surface area (Å²) in [6.45, 7) is 0. The molecule has 1 rings (SSSR count). The molecule has 2 atom stereocenters. The van der Waals surface area contributed by atoms with Crippen LogP contribution in [-0.4, -0.2) is 23.2 Å². The summed E-state index contributed by atoms with van der Waals surface area (Å²) in [6.07, 6.45) is 5.28. The number of allylic oxidation sites excluding steroid dienone is 1. The summed E-state index contributed by atoms with van der Waals surface area (Å²) in [7, 11) is 0. The molecular weight excluding hydrogens is 184 g/mol. The predicted octanol–water partition coefficient (Wildman–Crippen LogP) is 0.244. The number of aliphatic hydroxyl groups is 1. The van der Waals surface area contributed by atoms with Crippen LogP contribution in [0.5, 0.6) is 0 Å². The smallest absolute Gasteiger partial charge is 0.246 e. The highest BCUT2D eigenvalue weighted by Crippen LogP contribution is 2.16. The zero-order valence-corrected chi connectivity index (χ0v) is 7.59. The highest BCUT2D eigenvalue weighted by molar-refractivity contribution is 5.80. The Hall–Kier alpha value is -1.49. The summed E-state index contributed by atoms with van der Waals surface area (Å²) in [5.74, 6) is -0.722. The van der Waals surface area contributed by atoms with Gasteiger partial charge in [-0.15, -0.1) is 4.91 Å². The largest absolute Gasteiger partial charge is 0.389 e. The molecule has 0 aromatic heterocycles. The Morgan fingerprint density at radius 3 is 2.93 bits per heavy atom. The van der Waals surface area contributed by atoms with Crippen LogP contribution in [0.1, 0.15) is 12.8 Å². The fourth-order valence-electron chi connectivity index (χ4n) is 1.22. The van der Waals surface area contributed by atoms with Gasteiger partial charge < -0.3 is 10.8 Å². The minimum Gasteiger partial charge on any atom is -0.389 e. The normalized spacial score (nSPS) is 22.6. The molecule has 1 aliphatic rings. The number of rotatable bonds is 4. The summed E-state index contributed by atoms with van der Waals surface area (Å²) in [4.78, 5) is 20.9. The lowest BCUT2D eigenvalue weighted by Gasteiger charge is -2.12. The average molecular weight is 196 g/mol. The minimum absolute atomic E-state index is 0.210. The Bertz CT molecular complexity index is 296. The van der Waals surface area contributed by atoms with Crippen molar-refractivity contribution in [3.05, 3.63) is 28.7 Å². The van der Waals surface area contributed by atoms with Crippen LogP contribution in [0.25, 0.3) is 0 Å². The monoisotopic (exact) mass is 196 g/mol. The fraction of sp³-hybridized carbons (Fsp3) is 0.444. The van der Waals surface area contributed by atoms with Gasteiger partial charge in [-0.2, -0.15) is 0 Å². The first kappa shape index (κ1) is 10.6. The predicted molar refractivity (Wildman–Crippen MR) is 51.2 cm³/mol. The third kappa shape index (κ3) is 2.77. The van der Waals surface area contributed by atoms with Crippen LogP contribution in [0.3, 0.4) is 0 Å². The molecule has 0 spiro atoms. The first-order valence-corrected chi connectivity index (χ1v) is 4.30. The number of carbonyl (C=O) groups excluding carboxylic acids is 1. The molecule has 0 radical (unpaired) electrons. The van der Waals surface area contributed by atoms with Crippen LogP contribution >= 0.6 is 0 Å². The van der Waals surface area contributed by atoms with Gasteiger partial charge in [-0.25, -0.2) is 0 Å². The molecule has 5 heteroatoms.